The van der Waals surface area contributed by atoms with Crippen molar-refractivity contribution in [1.29, 1.82) is 5.41 Å². The van der Waals surface area contributed by atoms with Crippen LogP contribution in [-0.2, 0) is 4.79 Å². The highest BCUT2D eigenvalue weighted by molar-refractivity contribution is 8.27. The van der Waals surface area contributed by atoms with Gasteiger partial charge in [0.2, 0.25) is 5.17 Å². The van der Waals surface area contributed by atoms with E-state index in [-0.39, 0.29) is 11.4 Å². The van der Waals surface area contributed by atoms with Crippen LogP contribution in [0, 0.1) is 19.3 Å². The van der Waals surface area contributed by atoms with E-state index in [0.29, 0.717) is 22.6 Å². The quantitative estimate of drug-likeness (QED) is 0.555. The van der Waals surface area contributed by atoms with Crippen molar-refractivity contribution in [3.8, 4) is 11.4 Å². The van der Waals surface area contributed by atoms with Crippen LogP contribution in [0.5, 0.6) is 5.75 Å². The number of rotatable bonds is 5. The van der Waals surface area contributed by atoms with E-state index in [4.69, 9.17) is 14.6 Å². The van der Waals surface area contributed by atoms with Crippen molar-refractivity contribution in [3.63, 3.8) is 0 Å². The molecule has 0 saturated carbocycles. The summed E-state index contributed by atoms with van der Waals surface area (Å²) in [6.07, 6.45) is 3.27. The standard InChI is InChI=1S/C24H21N5O3S/c1-4-31-18-9-7-17(8-10-18)28-14(2)12-16(15(28)3)13-19-21(25)29-24(26-22(19)30)33-23(27-29)20-6-5-11-32-20/h5-13,25H,4H2,1-3H3. The number of thioether (sulfide) groups is 1. The third-order valence-corrected chi connectivity index (χ3v) is 6.29. The lowest BCUT2D eigenvalue weighted by Gasteiger charge is -2.20. The second-order valence-corrected chi connectivity index (χ2v) is 8.45. The van der Waals surface area contributed by atoms with Gasteiger partial charge in [-0.15, -0.1) is 0 Å². The zero-order valence-electron chi connectivity index (χ0n) is 18.3. The molecule has 1 amide bonds. The molecule has 0 unspecified atom stereocenters. The number of aromatic nitrogens is 1. The van der Waals surface area contributed by atoms with E-state index in [1.54, 1.807) is 24.5 Å². The summed E-state index contributed by atoms with van der Waals surface area (Å²) in [4.78, 5) is 16.9. The Balaban J connectivity index is 1.48. The normalized spacial score (nSPS) is 16.8. The molecule has 5 rings (SSSR count). The van der Waals surface area contributed by atoms with E-state index in [0.717, 1.165) is 28.4 Å². The van der Waals surface area contributed by atoms with Crippen molar-refractivity contribution in [2.45, 2.75) is 20.8 Å². The lowest BCUT2D eigenvalue weighted by Crippen LogP contribution is -2.35. The minimum Gasteiger partial charge on any atom is -0.494 e. The molecule has 0 bridgehead atoms. The Kier molecular flexibility index (Phi) is 5.26. The van der Waals surface area contributed by atoms with Gasteiger partial charge in [-0.25, -0.2) is 0 Å². The summed E-state index contributed by atoms with van der Waals surface area (Å²) >= 11 is 1.21. The highest BCUT2D eigenvalue weighted by Gasteiger charge is 2.36. The maximum atomic E-state index is 12.8. The Morgan fingerprint density at radius 1 is 1.21 bits per heavy atom. The van der Waals surface area contributed by atoms with E-state index in [1.165, 1.54) is 16.8 Å². The molecule has 33 heavy (non-hydrogen) atoms. The zero-order valence-corrected chi connectivity index (χ0v) is 19.1. The molecule has 2 aliphatic rings. The maximum absolute atomic E-state index is 12.8. The molecular weight excluding hydrogens is 438 g/mol. The number of amidine groups is 2. The number of nitrogens with zero attached hydrogens (tertiary/aromatic N) is 4. The van der Waals surface area contributed by atoms with Gasteiger partial charge in [-0.1, -0.05) is 0 Å². The van der Waals surface area contributed by atoms with Crippen LogP contribution < -0.4 is 4.74 Å². The van der Waals surface area contributed by atoms with E-state index in [9.17, 15) is 4.79 Å². The summed E-state index contributed by atoms with van der Waals surface area (Å²) in [6, 6.07) is 13.4. The molecular formula is C24H21N5O3S. The number of hydrogen-bond acceptors (Lipinski definition) is 6. The zero-order chi connectivity index (χ0) is 23.1. The Morgan fingerprint density at radius 2 is 2.00 bits per heavy atom. The number of hydrogen-bond donors (Lipinski definition) is 1. The number of amides is 1. The Bertz CT molecular complexity index is 1350. The summed E-state index contributed by atoms with van der Waals surface area (Å²) < 4.78 is 13.0. The Morgan fingerprint density at radius 3 is 2.70 bits per heavy atom. The highest BCUT2D eigenvalue weighted by Crippen LogP contribution is 2.32. The second-order valence-electron chi connectivity index (χ2n) is 7.49. The van der Waals surface area contributed by atoms with Gasteiger partial charge in [-0.05, 0) is 86.6 Å². The molecule has 0 atom stereocenters. The second kappa shape index (κ2) is 8.25. The van der Waals surface area contributed by atoms with Gasteiger partial charge in [-0.3, -0.25) is 10.2 Å². The van der Waals surface area contributed by atoms with Crippen molar-refractivity contribution >= 4 is 39.8 Å². The van der Waals surface area contributed by atoms with Crippen LogP contribution in [0.2, 0.25) is 0 Å². The van der Waals surface area contributed by atoms with Crippen LogP contribution in [0.4, 0.5) is 0 Å². The largest absolute Gasteiger partial charge is 0.494 e. The van der Waals surface area contributed by atoms with E-state index in [2.05, 4.69) is 14.7 Å². The van der Waals surface area contributed by atoms with Crippen molar-refractivity contribution in [2.24, 2.45) is 10.1 Å². The number of fused-ring (bicyclic) bond motifs is 1. The lowest BCUT2D eigenvalue weighted by molar-refractivity contribution is -0.114. The summed E-state index contributed by atoms with van der Waals surface area (Å²) in [7, 11) is 0. The fourth-order valence-corrected chi connectivity index (χ4v) is 4.70. The molecule has 9 heteroatoms. The minimum absolute atomic E-state index is 0.00933. The number of carbonyl (C=O) groups is 1. The number of benzene rings is 1. The first-order valence-electron chi connectivity index (χ1n) is 10.4. The first-order valence-corrected chi connectivity index (χ1v) is 11.2. The molecule has 0 spiro atoms. The first kappa shape index (κ1) is 21.0. The Hall–Kier alpha value is -3.85. The molecule has 2 aromatic heterocycles. The molecule has 4 heterocycles. The predicted molar refractivity (Wildman–Crippen MR) is 129 cm³/mol. The van der Waals surface area contributed by atoms with Crippen molar-refractivity contribution in [1.82, 2.24) is 9.58 Å². The number of nitrogens with one attached hydrogen (secondary N) is 1. The minimum atomic E-state index is -0.458. The summed E-state index contributed by atoms with van der Waals surface area (Å²) in [5.74, 6) is 0.922. The monoisotopic (exact) mass is 459 g/mol. The summed E-state index contributed by atoms with van der Waals surface area (Å²) in [6.45, 7) is 6.56. The van der Waals surface area contributed by atoms with Crippen LogP contribution >= 0.6 is 11.8 Å². The van der Waals surface area contributed by atoms with Gasteiger partial charge < -0.3 is 13.7 Å². The number of ether oxygens (including phenoxy) is 1. The molecule has 0 saturated heterocycles. The average molecular weight is 460 g/mol. The van der Waals surface area contributed by atoms with Crippen molar-refractivity contribution in [2.75, 3.05) is 6.61 Å². The number of carbonyl (C=O) groups excluding carboxylic acids is 1. The fraction of sp³-hybridized carbons (Fsp3) is 0.167. The smallest absolute Gasteiger partial charge is 0.283 e. The van der Waals surface area contributed by atoms with Gasteiger partial charge in [0, 0.05) is 17.1 Å². The van der Waals surface area contributed by atoms with E-state index >= 15 is 0 Å². The molecule has 8 nitrogen and oxygen atoms in total. The van der Waals surface area contributed by atoms with E-state index < -0.39 is 5.91 Å². The van der Waals surface area contributed by atoms with Crippen LogP contribution in [0.1, 0.15) is 29.6 Å². The van der Waals surface area contributed by atoms with Crippen LogP contribution in [0.15, 0.2) is 68.8 Å². The van der Waals surface area contributed by atoms with Crippen LogP contribution in [0.25, 0.3) is 11.8 Å². The van der Waals surface area contributed by atoms with Gasteiger partial charge in [0.05, 0.1) is 18.4 Å². The highest BCUT2D eigenvalue weighted by atomic mass is 32.2. The third kappa shape index (κ3) is 3.70. The van der Waals surface area contributed by atoms with Gasteiger partial charge in [0.25, 0.3) is 5.91 Å². The van der Waals surface area contributed by atoms with Crippen LogP contribution in [-0.4, -0.2) is 38.1 Å². The predicted octanol–water partition coefficient (Wildman–Crippen LogP) is 4.75. The average Bonchev–Trinajstić information content (AvgIpc) is 3.52. The third-order valence-electron chi connectivity index (χ3n) is 5.36. The summed E-state index contributed by atoms with van der Waals surface area (Å²) in [5, 5.41) is 15.3. The topological polar surface area (TPSA) is 96.2 Å². The number of hydrazone groups is 1. The first-order chi connectivity index (χ1) is 16.0. The molecule has 0 radical (unpaired) electrons. The molecule has 3 aromatic rings. The molecule has 1 N–H and O–H groups in total. The maximum Gasteiger partial charge on any atom is 0.283 e. The number of furan rings is 1. The number of aryl methyl sites for hydroxylation is 1. The van der Waals surface area contributed by atoms with Crippen LogP contribution in [0.3, 0.4) is 0 Å². The molecule has 0 aliphatic carbocycles. The summed E-state index contributed by atoms with van der Waals surface area (Å²) in [5.41, 5.74) is 3.99. The van der Waals surface area contributed by atoms with Gasteiger partial charge in [-0.2, -0.15) is 15.1 Å². The van der Waals surface area contributed by atoms with Gasteiger partial charge in [0.1, 0.15) is 5.75 Å². The molecule has 2 aliphatic heterocycles. The SMILES string of the molecule is CCOc1ccc(-n2c(C)cc(C=C3C(=N)N4N=C(c5ccco5)SC4=NC3=O)c2C)cc1. The van der Waals surface area contributed by atoms with Gasteiger partial charge >= 0.3 is 0 Å². The van der Waals surface area contributed by atoms with Gasteiger partial charge in [0.15, 0.2) is 16.6 Å². The molecule has 166 valence electrons. The lowest BCUT2D eigenvalue weighted by atomic mass is 10.1. The Labute approximate surface area is 194 Å². The van der Waals surface area contributed by atoms with Crippen molar-refractivity contribution in [3.05, 3.63) is 77.0 Å². The van der Waals surface area contributed by atoms with E-state index in [1.807, 2.05) is 51.1 Å². The molecule has 0 fully saturated rings. The molecule has 1 aromatic carbocycles. The fourth-order valence-electron chi connectivity index (χ4n) is 3.84. The van der Waals surface area contributed by atoms with Crippen molar-refractivity contribution < 1.29 is 13.9 Å². The number of aliphatic imine (C=N–C) groups is 1.